The molecule has 0 aromatic heterocycles. The Bertz CT molecular complexity index is 692. The molecule has 2 atom stereocenters. The topological polar surface area (TPSA) is 102 Å². The normalized spacial score (nSPS) is 13.7. The summed E-state index contributed by atoms with van der Waals surface area (Å²) in [5, 5.41) is 9.96. The van der Waals surface area contributed by atoms with Crippen LogP contribution in [0.2, 0.25) is 0 Å². The van der Waals surface area contributed by atoms with E-state index in [1.54, 1.807) is 0 Å². The zero-order chi connectivity index (χ0) is 15.6. The molecule has 0 radical (unpaired) electrons. The molecule has 2 rings (SSSR count). The second-order valence-electron chi connectivity index (χ2n) is 5.12. The fourth-order valence-electron chi connectivity index (χ4n) is 2.54. The van der Waals surface area contributed by atoms with Gasteiger partial charge in [0.1, 0.15) is 0 Å². The zero-order valence-electron chi connectivity index (χ0n) is 12.1. The Morgan fingerprint density at radius 3 is 2.48 bits per heavy atom. The number of nitrogens with two attached hydrogens (primary N) is 2. The molecule has 0 spiro atoms. The predicted octanol–water partition coefficient (Wildman–Crippen LogP) is 2.65. The maximum absolute atomic E-state index is 10.7. The van der Waals surface area contributed by atoms with Crippen molar-refractivity contribution in [2.45, 2.75) is 25.8 Å². The third-order valence-corrected chi connectivity index (χ3v) is 3.69. The lowest BCUT2D eigenvalue weighted by molar-refractivity contribution is 0.204. The van der Waals surface area contributed by atoms with Gasteiger partial charge in [-0.3, -0.25) is 5.41 Å². The van der Waals surface area contributed by atoms with Gasteiger partial charge in [0.05, 0.1) is 6.04 Å². The van der Waals surface area contributed by atoms with Gasteiger partial charge in [-0.15, -0.1) is 0 Å². The van der Waals surface area contributed by atoms with Gasteiger partial charge in [-0.1, -0.05) is 43.3 Å². The van der Waals surface area contributed by atoms with Gasteiger partial charge in [-0.2, -0.15) is 0 Å². The number of carbonyl (C=O) groups excluding carboxylic acids is 1. The Labute approximate surface area is 123 Å². The van der Waals surface area contributed by atoms with Gasteiger partial charge in [0.15, 0.2) is 0 Å². The molecule has 0 fully saturated rings. The minimum Gasteiger partial charge on any atom is -0.394 e. The van der Waals surface area contributed by atoms with Crippen LogP contribution in [0.15, 0.2) is 36.4 Å². The van der Waals surface area contributed by atoms with E-state index in [1.165, 1.54) is 0 Å². The highest BCUT2D eigenvalue weighted by atomic mass is 16.6. The molecule has 5 nitrogen and oxygen atoms in total. The van der Waals surface area contributed by atoms with E-state index in [0.717, 1.165) is 21.9 Å². The third kappa shape index (κ3) is 3.03. The van der Waals surface area contributed by atoms with Gasteiger partial charge in [-0.25, -0.2) is 4.79 Å². The number of primary amides is 1. The molecule has 2 unspecified atom stereocenters. The van der Waals surface area contributed by atoms with Crippen LogP contribution >= 0.6 is 0 Å². The molecule has 0 aliphatic heterocycles. The second-order valence-corrected chi connectivity index (χ2v) is 5.12. The first kappa shape index (κ1) is 15.0. The molecule has 0 aliphatic carbocycles. The van der Waals surface area contributed by atoms with E-state index in [2.05, 4.69) is 4.74 Å². The summed E-state index contributed by atoms with van der Waals surface area (Å²) in [4.78, 5) is 10.7. The van der Waals surface area contributed by atoms with E-state index in [9.17, 15) is 4.79 Å². The third-order valence-electron chi connectivity index (χ3n) is 3.69. The molecule has 2 aromatic rings. The smallest absolute Gasteiger partial charge is 0.394 e. The molecular formula is C16H19N3O2. The molecule has 0 saturated heterocycles. The Morgan fingerprint density at radius 1 is 1.24 bits per heavy atom. The standard InChI is InChI=1S/C16H19N3O2/c1-9-5-3-6-11-7-4-8-12(13(9)11)10(2)14(17)15(18)21-16(19)20/h3-8,10,14,18H,17H2,1-2H3,(H2,19,20). The molecule has 21 heavy (non-hydrogen) atoms. The summed E-state index contributed by atoms with van der Waals surface area (Å²) in [6, 6.07) is 11.3. The Morgan fingerprint density at radius 2 is 1.86 bits per heavy atom. The lowest BCUT2D eigenvalue weighted by Gasteiger charge is -2.22. The van der Waals surface area contributed by atoms with Crippen LogP contribution in [0.3, 0.4) is 0 Å². The zero-order valence-corrected chi connectivity index (χ0v) is 12.1. The number of nitrogens with one attached hydrogen (secondary N) is 1. The van der Waals surface area contributed by atoms with Crippen molar-refractivity contribution in [2.24, 2.45) is 11.5 Å². The number of hydrogen-bond donors (Lipinski definition) is 3. The molecule has 0 heterocycles. The number of rotatable bonds is 3. The Hall–Kier alpha value is -2.40. The van der Waals surface area contributed by atoms with E-state index in [0.29, 0.717) is 0 Å². The van der Waals surface area contributed by atoms with Gasteiger partial charge in [-0.05, 0) is 28.8 Å². The Balaban J connectivity index is 2.42. The van der Waals surface area contributed by atoms with Gasteiger partial charge in [0.2, 0.25) is 5.90 Å². The fourth-order valence-corrected chi connectivity index (χ4v) is 2.54. The van der Waals surface area contributed by atoms with Crippen LogP contribution < -0.4 is 11.5 Å². The van der Waals surface area contributed by atoms with Gasteiger partial charge in [0.25, 0.3) is 0 Å². The molecule has 0 saturated carbocycles. The highest BCUT2D eigenvalue weighted by molar-refractivity contribution is 5.92. The first-order valence-corrected chi connectivity index (χ1v) is 6.71. The number of hydrogen-bond acceptors (Lipinski definition) is 4. The van der Waals surface area contributed by atoms with Crippen molar-refractivity contribution >= 4 is 22.8 Å². The van der Waals surface area contributed by atoms with Crippen LogP contribution in [-0.2, 0) is 4.74 Å². The van der Waals surface area contributed by atoms with E-state index in [4.69, 9.17) is 16.9 Å². The average Bonchev–Trinajstić information content (AvgIpc) is 2.44. The fraction of sp³-hybridized carbons (Fsp3) is 0.250. The van der Waals surface area contributed by atoms with Crippen molar-refractivity contribution in [1.82, 2.24) is 0 Å². The largest absolute Gasteiger partial charge is 0.411 e. The van der Waals surface area contributed by atoms with Crippen molar-refractivity contribution in [2.75, 3.05) is 0 Å². The lowest BCUT2D eigenvalue weighted by Crippen LogP contribution is -2.38. The van der Waals surface area contributed by atoms with Gasteiger partial charge in [0, 0.05) is 5.92 Å². The molecular weight excluding hydrogens is 266 g/mol. The van der Waals surface area contributed by atoms with E-state index < -0.39 is 12.1 Å². The number of carbonyl (C=O) groups is 1. The second kappa shape index (κ2) is 5.93. The minimum absolute atomic E-state index is 0.179. The van der Waals surface area contributed by atoms with Crippen molar-refractivity contribution in [3.63, 3.8) is 0 Å². The summed E-state index contributed by atoms with van der Waals surface area (Å²) < 4.78 is 4.59. The summed E-state index contributed by atoms with van der Waals surface area (Å²) >= 11 is 0. The Kier molecular flexibility index (Phi) is 4.23. The highest BCUT2D eigenvalue weighted by Crippen LogP contribution is 2.29. The van der Waals surface area contributed by atoms with Crippen LogP contribution in [0.5, 0.6) is 0 Å². The SMILES string of the molecule is Cc1cccc2cccc(C(C)C(N)C(=N)OC(N)=O)c12. The molecule has 5 heteroatoms. The highest BCUT2D eigenvalue weighted by Gasteiger charge is 2.23. The number of benzene rings is 2. The van der Waals surface area contributed by atoms with Crippen LogP contribution in [0.4, 0.5) is 4.79 Å². The van der Waals surface area contributed by atoms with Crippen molar-refractivity contribution in [3.8, 4) is 0 Å². The molecule has 1 amide bonds. The summed E-state index contributed by atoms with van der Waals surface area (Å²) in [5.74, 6) is -0.498. The predicted molar refractivity (Wildman–Crippen MR) is 83.5 cm³/mol. The summed E-state index contributed by atoms with van der Waals surface area (Å²) in [6.45, 7) is 3.94. The average molecular weight is 285 g/mol. The van der Waals surface area contributed by atoms with E-state index in [1.807, 2.05) is 50.2 Å². The van der Waals surface area contributed by atoms with Crippen molar-refractivity contribution < 1.29 is 9.53 Å². The maximum Gasteiger partial charge on any atom is 0.411 e. The van der Waals surface area contributed by atoms with Crippen molar-refractivity contribution in [1.29, 1.82) is 5.41 Å². The minimum atomic E-state index is -1.02. The maximum atomic E-state index is 10.7. The first-order chi connectivity index (χ1) is 9.91. The monoisotopic (exact) mass is 285 g/mol. The quantitative estimate of drug-likeness (QED) is 0.596. The molecule has 5 N–H and O–H groups in total. The number of aryl methyl sites for hydroxylation is 1. The summed E-state index contributed by atoms with van der Waals surface area (Å²) in [6.07, 6.45) is -1.02. The summed E-state index contributed by atoms with van der Waals surface area (Å²) in [7, 11) is 0. The van der Waals surface area contributed by atoms with E-state index in [-0.39, 0.29) is 11.8 Å². The summed E-state index contributed by atoms with van der Waals surface area (Å²) in [5.41, 5.74) is 13.1. The number of fused-ring (bicyclic) bond motifs is 1. The number of ether oxygens (including phenoxy) is 1. The van der Waals surface area contributed by atoms with Crippen LogP contribution in [0.1, 0.15) is 24.0 Å². The molecule has 0 bridgehead atoms. The van der Waals surface area contributed by atoms with Crippen LogP contribution in [0, 0.1) is 12.3 Å². The first-order valence-electron chi connectivity index (χ1n) is 6.71. The van der Waals surface area contributed by atoms with Crippen LogP contribution in [0.25, 0.3) is 10.8 Å². The van der Waals surface area contributed by atoms with Gasteiger partial charge >= 0.3 is 6.09 Å². The molecule has 110 valence electrons. The van der Waals surface area contributed by atoms with Crippen molar-refractivity contribution in [3.05, 3.63) is 47.5 Å². The van der Waals surface area contributed by atoms with Gasteiger partial charge < -0.3 is 16.2 Å². The van der Waals surface area contributed by atoms with Crippen LogP contribution in [-0.4, -0.2) is 18.0 Å². The number of amides is 1. The van der Waals surface area contributed by atoms with E-state index >= 15 is 0 Å². The molecule has 2 aromatic carbocycles. The lowest BCUT2D eigenvalue weighted by atomic mass is 9.88. The molecule has 0 aliphatic rings.